The van der Waals surface area contributed by atoms with Crippen molar-refractivity contribution in [2.45, 2.75) is 33.6 Å². The predicted molar refractivity (Wildman–Crippen MR) is 76.4 cm³/mol. The van der Waals surface area contributed by atoms with Crippen LogP contribution in [0.1, 0.15) is 53.4 Å². The number of amides is 2. The van der Waals surface area contributed by atoms with Gasteiger partial charge in [-0.3, -0.25) is 9.59 Å². The standard InChI is InChI=1S/C13H21N5O2/c1-4-6-15-12(19)9-8(3)17-10(11(14)18-9)13(20)16-7-5-2/h4-7H2,1-3H3,(H2,14,18)(H,15,19)(H,16,20). The largest absolute Gasteiger partial charge is 0.382 e. The third kappa shape index (κ3) is 3.91. The van der Waals surface area contributed by atoms with Gasteiger partial charge in [-0.25, -0.2) is 9.97 Å². The topological polar surface area (TPSA) is 110 Å². The summed E-state index contributed by atoms with van der Waals surface area (Å²) in [6.07, 6.45) is 1.64. The fourth-order valence-corrected chi connectivity index (χ4v) is 1.56. The minimum Gasteiger partial charge on any atom is -0.382 e. The molecule has 1 rings (SSSR count). The van der Waals surface area contributed by atoms with Crippen molar-refractivity contribution in [3.05, 3.63) is 17.1 Å². The van der Waals surface area contributed by atoms with Gasteiger partial charge in [-0.2, -0.15) is 0 Å². The number of hydrogen-bond donors (Lipinski definition) is 3. The first-order chi connectivity index (χ1) is 9.51. The number of carbonyl (C=O) groups is 2. The molecule has 0 unspecified atom stereocenters. The molecule has 0 aliphatic rings. The molecule has 0 bridgehead atoms. The van der Waals surface area contributed by atoms with Gasteiger partial charge in [-0.1, -0.05) is 13.8 Å². The van der Waals surface area contributed by atoms with Crippen molar-refractivity contribution in [2.75, 3.05) is 18.8 Å². The van der Waals surface area contributed by atoms with Gasteiger partial charge in [0.2, 0.25) is 0 Å². The first-order valence-electron chi connectivity index (χ1n) is 6.71. The molecule has 20 heavy (non-hydrogen) atoms. The average Bonchev–Trinajstić information content (AvgIpc) is 2.44. The number of rotatable bonds is 6. The van der Waals surface area contributed by atoms with Crippen LogP contribution in [0.3, 0.4) is 0 Å². The highest BCUT2D eigenvalue weighted by Crippen LogP contribution is 2.10. The Bertz CT molecular complexity index is 456. The summed E-state index contributed by atoms with van der Waals surface area (Å²) in [5.74, 6) is -0.740. The predicted octanol–water partition coefficient (Wildman–Crippen LogP) is 0.647. The van der Waals surface area contributed by atoms with Crippen molar-refractivity contribution in [1.82, 2.24) is 20.6 Å². The summed E-state index contributed by atoms with van der Waals surface area (Å²) in [6, 6.07) is 0. The number of aromatic nitrogens is 2. The van der Waals surface area contributed by atoms with E-state index >= 15 is 0 Å². The van der Waals surface area contributed by atoms with E-state index in [1.54, 1.807) is 6.92 Å². The third-order valence-electron chi connectivity index (χ3n) is 2.60. The van der Waals surface area contributed by atoms with Gasteiger partial charge in [0.1, 0.15) is 0 Å². The number of nitrogens with zero attached hydrogens (tertiary/aromatic N) is 2. The zero-order chi connectivity index (χ0) is 15.1. The van der Waals surface area contributed by atoms with Crippen molar-refractivity contribution in [2.24, 2.45) is 0 Å². The molecule has 1 aromatic rings. The lowest BCUT2D eigenvalue weighted by atomic mass is 10.2. The Hall–Kier alpha value is -2.18. The van der Waals surface area contributed by atoms with Gasteiger partial charge in [-0.15, -0.1) is 0 Å². The normalized spacial score (nSPS) is 10.2. The van der Waals surface area contributed by atoms with Gasteiger partial charge >= 0.3 is 0 Å². The molecule has 0 radical (unpaired) electrons. The van der Waals surface area contributed by atoms with Crippen LogP contribution in [-0.4, -0.2) is 34.9 Å². The maximum atomic E-state index is 11.9. The number of nitrogens with one attached hydrogen (secondary N) is 2. The van der Waals surface area contributed by atoms with Crippen molar-refractivity contribution in [3.63, 3.8) is 0 Å². The van der Waals surface area contributed by atoms with E-state index in [-0.39, 0.29) is 29.0 Å². The van der Waals surface area contributed by atoms with Gasteiger partial charge in [0.15, 0.2) is 17.2 Å². The first kappa shape index (κ1) is 15.9. The van der Waals surface area contributed by atoms with Crippen LogP contribution < -0.4 is 16.4 Å². The lowest BCUT2D eigenvalue weighted by Crippen LogP contribution is -2.30. The monoisotopic (exact) mass is 279 g/mol. The van der Waals surface area contributed by atoms with Crippen LogP contribution >= 0.6 is 0 Å². The number of anilines is 1. The Morgan fingerprint density at radius 2 is 1.50 bits per heavy atom. The highest BCUT2D eigenvalue weighted by atomic mass is 16.2. The fraction of sp³-hybridized carbons (Fsp3) is 0.538. The molecule has 4 N–H and O–H groups in total. The smallest absolute Gasteiger partial charge is 0.273 e. The molecule has 1 heterocycles. The van der Waals surface area contributed by atoms with E-state index < -0.39 is 0 Å². The Balaban J connectivity index is 2.96. The van der Waals surface area contributed by atoms with Gasteiger partial charge in [0.25, 0.3) is 11.8 Å². The summed E-state index contributed by atoms with van der Waals surface area (Å²) in [6.45, 7) is 6.62. The Kier molecular flexibility index (Phi) is 5.89. The molecule has 7 nitrogen and oxygen atoms in total. The van der Waals surface area contributed by atoms with Gasteiger partial charge in [0, 0.05) is 13.1 Å². The molecule has 0 saturated carbocycles. The molecular formula is C13H21N5O2. The van der Waals surface area contributed by atoms with Gasteiger partial charge < -0.3 is 16.4 Å². The third-order valence-corrected chi connectivity index (χ3v) is 2.60. The van der Waals surface area contributed by atoms with Crippen molar-refractivity contribution >= 4 is 17.6 Å². The maximum absolute atomic E-state index is 11.9. The molecule has 0 spiro atoms. The second-order valence-corrected chi connectivity index (χ2v) is 4.40. The molecule has 0 fully saturated rings. The molecule has 2 amide bonds. The Morgan fingerprint density at radius 3 is 2.00 bits per heavy atom. The van der Waals surface area contributed by atoms with Crippen molar-refractivity contribution in [3.8, 4) is 0 Å². The summed E-state index contributed by atoms with van der Waals surface area (Å²) >= 11 is 0. The minimum atomic E-state index is -0.375. The Labute approximate surface area is 118 Å². The number of aryl methyl sites for hydroxylation is 1. The van der Waals surface area contributed by atoms with Gasteiger partial charge in [-0.05, 0) is 19.8 Å². The number of hydrogen-bond acceptors (Lipinski definition) is 5. The SMILES string of the molecule is CCCNC(=O)c1nc(N)c(C(=O)NCCC)nc1C. The molecule has 0 aromatic carbocycles. The second kappa shape index (κ2) is 7.42. The molecule has 0 saturated heterocycles. The summed E-state index contributed by atoms with van der Waals surface area (Å²) < 4.78 is 0. The van der Waals surface area contributed by atoms with Crippen LogP contribution in [0.5, 0.6) is 0 Å². The lowest BCUT2D eigenvalue weighted by Gasteiger charge is -2.10. The molecule has 1 aromatic heterocycles. The van der Waals surface area contributed by atoms with Gasteiger partial charge in [0.05, 0.1) is 5.69 Å². The number of carbonyl (C=O) groups excluding carboxylic acids is 2. The zero-order valence-electron chi connectivity index (χ0n) is 12.1. The Morgan fingerprint density at radius 1 is 1.00 bits per heavy atom. The average molecular weight is 279 g/mol. The highest BCUT2D eigenvalue weighted by Gasteiger charge is 2.18. The molecule has 110 valence electrons. The molecule has 0 atom stereocenters. The summed E-state index contributed by atoms with van der Waals surface area (Å²) in [5, 5.41) is 5.38. The van der Waals surface area contributed by atoms with Crippen LogP contribution in [0.4, 0.5) is 5.82 Å². The molecular weight excluding hydrogens is 258 g/mol. The summed E-state index contributed by atoms with van der Waals surface area (Å²) in [7, 11) is 0. The number of nitrogens with two attached hydrogens (primary N) is 1. The molecule has 7 heteroatoms. The number of nitrogen functional groups attached to an aromatic ring is 1. The van der Waals surface area contributed by atoms with Crippen molar-refractivity contribution < 1.29 is 9.59 Å². The van der Waals surface area contributed by atoms with Crippen LogP contribution in [0.2, 0.25) is 0 Å². The van der Waals surface area contributed by atoms with E-state index in [1.165, 1.54) is 0 Å². The van der Waals surface area contributed by atoms with E-state index in [1.807, 2.05) is 13.8 Å². The fourth-order valence-electron chi connectivity index (χ4n) is 1.56. The van der Waals surface area contributed by atoms with E-state index in [2.05, 4.69) is 20.6 Å². The maximum Gasteiger partial charge on any atom is 0.273 e. The van der Waals surface area contributed by atoms with E-state index in [4.69, 9.17) is 5.73 Å². The molecule has 0 aliphatic heterocycles. The highest BCUT2D eigenvalue weighted by molar-refractivity contribution is 5.98. The van der Waals surface area contributed by atoms with E-state index in [0.29, 0.717) is 18.8 Å². The van der Waals surface area contributed by atoms with Crippen LogP contribution in [0, 0.1) is 6.92 Å². The minimum absolute atomic E-state index is 0.0362. The van der Waals surface area contributed by atoms with E-state index in [9.17, 15) is 9.59 Å². The summed E-state index contributed by atoms with van der Waals surface area (Å²) in [5.41, 5.74) is 6.31. The summed E-state index contributed by atoms with van der Waals surface area (Å²) in [4.78, 5) is 31.8. The van der Waals surface area contributed by atoms with Crippen LogP contribution in [0.15, 0.2) is 0 Å². The second-order valence-electron chi connectivity index (χ2n) is 4.40. The van der Waals surface area contributed by atoms with Crippen molar-refractivity contribution in [1.29, 1.82) is 0 Å². The quantitative estimate of drug-likeness (QED) is 0.708. The van der Waals surface area contributed by atoms with E-state index in [0.717, 1.165) is 12.8 Å². The first-order valence-corrected chi connectivity index (χ1v) is 6.71. The zero-order valence-corrected chi connectivity index (χ0v) is 12.1. The van der Waals surface area contributed by atoms with Crippen LogP contribution in [-0.2, 0) is 0 Å². The molecule has 0 aliphatic carbocycles. The van der Waals surface area contributed by atoms with Crippen LogP contribution in [0.25, 0.3) is 0 Å². The lowest BCUT2D eigenvalue weighted by molar-refractivity contribution is 0.0933.